The fourth-order valence-electron chi connectivity index (χ4n) is 2.06. The Hall–Kier alpha value is -1.15. The summed E-state index contributed by atoms with van der Waals surface area (Å²) in [6, 6.07) is 15.8. The van der Waals surface area contributed by atoms with Crippen LogP contribution >= 0.6 is 55.0 Å². The Morgan fingerprint density at radius 3 is 2.36 bits per heavy atom. The number of hydrogen-bond acceptors (Lipinski definition) is 4. The number of carbonyl (C=O) groups is 1. The molecule has 3 nitrogen and oxygen atoms in total. The summed E-state index contributed by atoms with van der Waals surface area (Å²) >= 11 is 10.1. The van der Waals surface area contributed by atoms with E-state index in [0.29, 0.717) is 0 Å². The average molecular weight is 498 g/mol. The molecule has 1 N–H and O–H groups in total. The van der Waals surface area contributed by atoms with Gasteiger partial charge in [-0.15, -0.1) is 11.3 Å². The second kappa shape index (κ2) is 8.98. The highest BCUT2D eigenvalue weighted by molar-refractivity contribution is 9.10. The number of halogens is 2. The van der Waals surface area contributed by atoms with Crippen molar-refractivity contribution in [2.75, 3.05) is 5.32 Å². The van der Waals surface area contributed by atoms with Crippen LogP contribution in [-0.4, -0.2) is 10.9 Å². The van der Waals surface area contributed by atoms with Gasteiger partial charge in [-0.25, -0.2) is 4.98 Å². The van der Waals surface area contributed by atoms with E-state index in [4.69, 9.17) is 0 Å². The van der Waals surface area contributed by atoms with Crippen LogP contribution in [0.3, 0.4) is 0 Å². The third-order valence-corrected chi connectivity index (χ3v) is 6.47. The molecular formula is C18H14Br2N2OS2. The van der Waals surface area contributed by atoms with Crippen molar-refractivity contribution in [3.05, 3.63) is 74.1 Å². The maximum atomic E-state index is 12.1. The van der Waals surface area contributed by atoms with Gasteiger partial charge in [0.2, 0.25) is 5.91 Å². The maximum Gasteiger partial charge on any atom is 0.230 e. The number of rotatable bonds is 6. The molecule has 0 fully saturated rings. The number of hydrogen-bond donors (Lipinski definition) is 1. The molecular weight excluding hydrogens is 484 g/mol. The number of benzene rings is 2. The smallest absolute Gasteiger partial charge is 0.230 e. The summed E-state index contributed by atoms with van der Waals surface area (Å²) in [6.07, 6.45) is 0.283. The molecule has 1 amide bonds. The van der Waals surface area contributed by atoms with Crippen molar-refractivity contribution in [2.45, 2.75) is 16.5 Å². The van der Waals surface area contributed by atoms with Crippen LogP contribution in [0.4, 0.5) is 5.69 Å². The van der Waals surface area contributed by atoms with Gasteiger partial charge in [-0.1, -0.05) is 55.8 Å². The van der Waals surface area contributed by atoms with Crippen molar-refractivity contribution in [1.82, 2.24) is 4.98 Å². The number of anilines is 1. The van der Waals surface area contributed by atoms with Crippen molar-refractivity contribution in [2.24, 2.45) is 0 Å². The number of aromatic nitrogens is 1. The molecule has 0 bridgehead atoms. The van der Waals surface area contributed by atoms with Crippen molar-refractivity contribution in [3.63, 3.8) is 0 Å². The van der Waals surface area contributed by atoms with Gasteiger partial charge in [0.05, 0.1) is 12.1 Å². The normalized spacial score (nSPS) is 10.6. The molecule has 0 radical (unpaired) electrons. The van der Waals surface area contributed by atoms with Crippen LogP contribution in [0.25, 0.3) is 0 Å². The summed E-state index contributed by atoms with van der Waals surface area (Å²) in [5.41, 5.74) is 2.84. The molecule has 2 aromatic carbocycles. The van der Waals surface area contributed by atoms with E-state index in [1.807, 2.05) is 41.8 Å². The van der Waals surface area contributed by atoms with E-state index in [0.717, 1.165) is 30.4 Å². The van der Waals surface area contributed by atoms with Crippen LogP contribution in [0, 0.1) is 0 Å². The molecule has 0 aliphatic heterocycles. The highest BCUT2D eigenvalue weighted by Crippen LogP contribution is 2.27. The summed E-state index contributed by atoms with van der Waals surface area (Å²) < 4.78 is 3.04. The van der Waals surface area contributed by atoms with Gasteiger partial charge in [0.1, 0.15) is 4.34 Å². The molecule has 3 aromatic rings. The molecule has 0 unspecified atom stereocenters. The Bertz CT molecular complexity index is 848. The first-order chi connectivity index (χ1) is 12.1. The quantitative estimate of drug-likeness (QED) is 0.416. The maximum absolute atomic E-state index is 12.1. The number of carbonyl (C=O) groups excluding carboxylic acids is 1. The van der Waals surface area contributed by atoms with Gasteiger partial charge in [0.15, 0.2) is 0 Å². The van der Waals surface area contributed by atoms with Crippen molar-refractivity contribution >= 4 is 66.6 Å². The van der Waals surface area contributed by atoms with Gasteiger partial charge in [-0.3, -0.25) is 4.79 Å². The van der Waals surface area contributed by atoms with Gasteiger partial charge < -0.3 is 5.32 Å². The van der Waals surface area contributed by atoms with Gasteiger partial charge in [-0.2, -0.15) is 0 Å². The van der Waals surface area contributed by atoms with E-state index in [1.54, 1.807) is 23.1 Å². The molecule has 0 atom stereocenters. The fraction of sp³-hybridized carbons (Fsp3) is 0.111. The first-order valence-electron chi connectivity index (χ1n) is 7.45. The van der Waals surface area contributed by atoms with E-state index in [2.05, 4.69) is 54.3 Å². The van der Waals surface area contributed by atoms with Crippen LogP contribution in [-0.2, 0) is 17.0 Å². The number of nitrogens with one attached hydrogen (secondary N) is 1. The first kappa shape index (κ1) is 18.6. The van der Waals surface area contributed by atoms with Crippen LogP contribution in [0.15, 0.2) is 67.2 Å². The van der Waals surface area contributed by atoms with Crippen LogP contribution in [0.1, 0.15) is 11.3 Å². The Morgan fingerprint density at radius 2 is 1.68 bits per heavy atom. The number of nitrogens with zero attached hydrogens (tertiary/aromatic N) is 1. The molecule has 0 aliphatic carbocycles. The first-order valence-corrected chi connectivity index (χ1v) is 10.9. The van der Waals surface area contributed by atoms with E-state index >= 15 is 0 Å². The average Bonchev–Trinajstić information content (AvgIpc) is 3.04. The van der Waals surface area contributed by atoms with Gasteiger partial charge >= 0.3 is 0 Å². The summed E-state index contributed by atoms with van der Waals surface area (Å²) in [6.45, 7) is 0. The monoisotopic (exact) mass is 496 g/mol. The Kier molecular flexibility index (Phi) is 6.70. The van der Waals surface area contributed by atoms with Gasteiger partial charge in [-0.05, 0) is 42.0 Å². The molecule has 1 aromatic heterocycles. The number of thiazole rings is 1. The van der Waals surface area contributed by atoms with E-state index in [1.165, 1.54) is 5.56 Å². The molecule has 1 heterocycles. The minimum Gasteiger partial charge on any atom is -0.326 e. The van der Waals surface area contributed by atoms with Gasteiger partial charge in [0.25, 0.3) is 0 Å². The lowest BCUT2D eigenvalue weighted by Gasteiger charge is -2.03. The van der Waals surface area contributed by atoms with Crippen LogP contribution in [0.2, 0.25) is 0 Å². The topological polar surface area (TPSA) is 42.0 Å². The number of thioether (sulfide) groups is 1. The molecule has 0 spiro atoms. The highest BCUT2D eigenvalue weighted by Gasteiger charge is 2.09. The molecule has 0 aliphatic rings. The second-order valence-corrected chi connectivity index (χ2v) is 9.16. The lowest BCUT2D eigenvalue weighted by molar-refractivity contribution is -0.115. The lowest BCUT2D eigenvalue weighted by Crippen LogP contribution is -2.14. The van der Waals surface area contributed by atoms with E-state index < -0.39 is 0 Å². The van der Waals surface area contributed by atoms with Gasteiger partial charge in [0, 0.05) is 25.8 Å². The SMILES string of the molecule is O=C(Cc1csc(SCc2ccc(Br)cc2)n1)Nc1ccc(Br)cc1. The molecule has 128 valence electrons. The summed E-state index contributed by atoms with van der Waals surface area (Å²) in [4.78, 5) is 16.7. The third kappa shape index (κ3) is 5.95. The largest absolute Gasteiger partial charge is 0.326 e. The number of amides is 1. The summed E-state index contributed by atoms with van der Waals surface area (Å²) in [5, 5.41) is 4.83. The highest BCUT2D eigenvalue weighted by atomic mass is 79.9. The fourth-order valence-corrected chi connectivity index (χ4v) is 4.39. The predicted octanol–water partition coefficient (Wildman–Crippen LogP) is 6.14. The Labute approximate surface area is 171 Å². The zero-order chi connectivity index (χ0) is 17.6. The third-order valence-electron chi connectivity index (χ3n) is 3.28. The standard InChI is InChI=1S/C18H14Br2N2OS2/c19-13-3-1-12(2-4-13)10-24-18-22-16(11-25-18)9-17(23)21-15-7-5-14(20)6-8-15/h1-8,11H,9-10H2,(H,21,23). The zero-order valence-corrected chi connectivity index (χ0v) is 17.8. The predicted molar refractivity (Wildman–Crippen MR) is 112 cm³/mol. The Balaban J connectivity index is 1.51. The molecule has 3 rings (SSSR count). The minimum absolute atomic E-state index is 0.0583. The van der Waals surface area contributed by atoms with Crippen molar-refractivity contribution in [3.8, 4) is 0 Å². The van der Waals surface area contributed by atoms with Crippen molar-refractivity contribution in [1.29, 1.82) is 0 Å². The molecule has 0 saturated carbocycles. The van der Waals surface area contributed by atoms with Crippen molar-refractivity contribution < 1.29 is 4.79 Å². The summed E-state index contributed by atoms with van der Waals surface area (Å²) in [7, 11) is 0. The Morgan fingerprint density at radius 1 is 1.04 bits per heavy atom. The van der Waals surface area contributed by atoms with Crippen LogP contribution in [0.5, 0.6) is 0 Å². The second-order valence-electron chi connectivity index (χ2n) is 5.25. The molecule has 25 heavy (non-hydrogen) atoms. The molecule has 0 saturated heterocycles. The lowest BCUT2D eigenvalue weighted by atomic mass is 10.2. The van der Waals surface area contributed by atoms with E-state index in [9.17, 15) is 4.79 Å². The summed E-state index contributed by atoms with van der Waals surface area (Å²) in [5.74, 6) is 0.808. The minimum atomic E-state index is -0.0583. The van der Waals surface area contributed by atoms with E-state index in [-0.39, 0.29) is 12.3 Å². The molecule has 7 heteroatoms. The van der Waals surface area contributed by atoms with Crippen LogP contribution < -0.4 is 5.32 Å². The zero-order valence-electron chi connectivity index (χ0n) is 13.0.